The van der Waals surface area contributed by atoms with E-state index in [1.54, 1.807) is 4.90 Å². The number of H-pyrrole nitrogens is 1. The number of hydrogen-bond acceptors (Lipinski definition) is 5. The largest absolute Gasteiger partial charge is 0.444 e. The van der Waals surface area contributed by atoms with Gasteiger partial charge in [-0.3, -0.25) is 9.59 Å². The van der Waals surface area contributed by atoms with Crippen molar-refractivity contribution >= 4 is 17.8 Å². The Bertz CT molecular complexity index is 1380. The van der Waals surface area contributed by atoms with Gasteiger partial charge in [-0.05, 0) is 112 Å². The van der Waals surface area contributed by atoms with E-state index in [0.29, 0.717) is 37.6 Å². The second kappa shape index (κ2) is 12.3. The van der Waals surface area contributed by atoms with Gasteiger partial charge in [0.1, 0.15) is 17.2 Å². The smallest absolute Gasteiger partial charge is 0.410 e. The number of ketones is 1. The molecule has 3 aliphatic carbocycles. The maximum atomic E-state index is 13.7. The first-order valence-electron chi connectivity index (χ1n) is 17.0. The van der Waals surface area contributed by atoms with Crippen LogP contribution in [-0.4, -0.2) is 51.3 Å². The van der Waals surface area contributed by atoms with Crippen molar-refractivity contribution in [3.8, 4) is 11.3 Å². The zero-order chi connectivity index (χ0) is 31.1. The number of imidazole rings is 1. The minimum absolute atomic E-state index is 0.0220. The molecule has 6 rings (SSSR count). The molecular formula is C36H50N4O4. The molecule has 8 nitrogen and oxygen atoms in total. The summed E-state index contributed by atoms with van der Waals surface area (Å²) < 4.78 is 5.56. The van der Waals surface area contributed by atoms with Crippen molar-refractivity contribution < 1.29 is 19.1 Å². The first-order valence-corrected chi connectivity index (χ1v) is 17.0. The van der Waals surface area contributed by atoms with E-state index in [9.17, 15) is 14.4 Å². The molecule has 2 amide bonds. The standard InChI is InChI=1S/C36H50N4O4/c1-5-26(41)9-7-6-8-10-30(32-37-22-31(38-32)25-13-14-27-23-11-12-24(19-23)28(27)20-25)39-33(42)29-21-36(29)15-17-40(18-16-36)34(43)44-35(2,3)4/h13-14,20,22-24,29-30H,5-12,15-19,21H2,1-4H3,(H,37,38)(H,39,42)/t23-,24+,29-,30+/m1/s1. The number of carbonyl (C=O) groups is 3. The molecule has 1 aromatic carbocycles. The molecule has 4 atom stereocenters. The zero-order valence-electron chi connectivity index (χ0n) is 27.0. The van der Waals surface area contributed by atoms with Gasteiger partial charge >= 0.3 is 6.09 Å². The third kappa shape index (κ3) is 6.59. The van der Waals surface area contributed by atoms with Gasteiger partial charge in [0, 0.05) is 31.8 Å². The summed E-state index contributed by atoms with van der Waals surface area (Å²) >= 11 is 0. The number of aromatic amines is 1. The Morgan fingerprint density at radius 3 is 2.57 bits per heavy atom. The summed E-state index contributed by atoms with van der Waals surface area (Å²) in [7, 11) is 0. The highest BCUT2D eigenvalue weighted by Crippen LogP contribution is 2.59. The number of unbranched alkanes of at least 4 members (excludes halogenated alkanes) is 2. The second-order valence-electron chi connectivity index (χ2n) is 14.9. The van der Waals surface area contributed by atoms with Crippen LogP contribution in [0.1, 0.15) is 140 Å². The zero-order valence-corrected chi connectivity index (χ0v) is 27.0. The van der Waals surface area contributed by atoms with Gasteiger partial charge < -0.3 is 19.9 Å². The number of piperidine rings is 1. The highest BCUT2D eigenvalue weighted by Gasteiger charge is 2.59. The number of Topliss-reactive ketones (excluding diaryl/α,β-unsaturated/α-hetero) is 1. The second-order valence-corrected chi connectivity index (χ2v) is 14.9. The number of fused-ring (bicyclic) bond motifs is 5. The number of likely N-dealkylation sites (tertiary alicyclic amines) is 1. The lowest BCUT2D eigenvalue weighted by atomic mass is 9.90. The third-order valence-electron chi connectivity index (χ3n) is 10.7. The monoisotopic (exact) mass is 602 g/mol. The predicted molar refractivity (Wildman–Crippen MR) is 170 cm³/mol. The lowest BCUT2D eigenvalue weighted by molar-refractivity contribution is -0.124. The molecule has 1 spiro atoms. The van der Waals surface area contributed by atoms with Gasteiger partial charge in [0.05, 0.1) is 17.9 Å². The Labute approximate surface area is 262 Å². The highest BCUT2D eigenvalue weighted by atomic mass is 16.6. The van der Waals surface area contributed by atoms with Gasteiger partial charge in [-0.2, -0.15) is 0 Å². The van der Waals surface area contributed by atoms with Crippen LogP contribution in [0, 0.1) is 11.3 Å². The molecule has 3 fully saturated rings. The minimum atomic E-state index is -0.513. The summed E-state index contributed by atoms with van der Waals surface area (Å²) in [6.07, 6.45) is 12.8. The fourth-order valence-corrected chi connectivity index (χ4v) is 7.98. The topological polar surface area (TPSA) is 104 Å². The number of benzene rings is 1. The molecule has 44 heavy (non-hydrogen) atoms. The summed E-state index contributed by atoms with van der Waals surface area (Å²) in [5.41, 5.74) is 4.67. The first-order chi connectivity index (χ1) is 21.0. The van der Waals surface area contributed by atoms with Gasteiger partial charge in [-0.25, -0.2) is 9.78 Å². The van der Waals surface area contributed by atoms with Crippen LogP contribution in [0.3, 0.4) is 0 Å². The maximum Gasteiger partial charge on any atom is 0.410 e. The van der Waals surface area contributed by atoms with Crippen LogP contribution in [0.2, 0.25) is 0 Å². The molecule has 0 unspecified atom stereocenters. The van der Waals surface area contributed by atoms with E-state index < -0.39 is 5.60 Å². The summed E-state index contributed by atoms with van der Waals surface area (Å²) in [5, 5.41) is 3.37. The fraction of sp³-hybridized carbons (Fsp3) is 0.667. The maximum absolute atomic E-state index is 13.7. The van der Waals surface area contributed by atoms with E-state index in [1.165, 1.54) is 30.4 Å². The normalized spacial score (nSPS) is 23.8. The Morgan fingerprint density at radius 2 is 1.84 bits per heavy atom. The summed E-state index contributed by atoms with van der Waals surface area (Å²) in [6, 6.07) is 6.68. The van der Waals surface area contributed by atoms with Crippen molar-refractivity contribution in [3.05, 3.63) is 41.3 Å². The molecule has 8 heteroatoms. The molecule has 238 valence electrons. The molecule has 4 aliphatic rings. The Morgan fingerprint density at radius 1 is 1.09 bits per heavy atom. The van der Waals surface area contributed by atoms with E-state index in [1.807, 2.05) is 33.9 Å². The average Bonchev–Trinajstić information content (AvgIpc) is 3.40. The van der Waals surface area contributed by atoms with Crippen molar-refractivity contribution in [1.29, 1.82) is 0 Å². The van der Waals surface area contributed by atoms with E-state index in [0.717, 1.165) is 67.9 Å². The summed E-state index contributed by atoms with van der Waals surface area (Å²) in [6.45, 7) is 8.83. The molecule has 2 saturated carbocycles. The summed E-state index contributed by atoms with van der Waals surface area (Å²) in [4.78, 5) is 48.1. The number of amides is 2. The van der Waals surface area contributed by atoms with Gasteiger partial charge in [0.15, 0.2) is 0 Å². The van der Waals surface area contributed by atoms with Gasteiger partial charge in [0.2, 0.25) is 5.91 Å². The van der Waals surface area contributed by atoms with E-state index in [2.05, 4.69) is 28.5 Å². The summed E-state index contributed by atoms with van der Waals surface area (Å²) in [5.74, 6) is 2.61. The SMILES string of the molecule is CCC(=O)CCCCC[C@H](NC(=O)[C@H]1CC12CCN(C(=O)OC(C)(C)C)CC2)c1ncc(-c2ccc3c(c2)[C@H]2CC[C@@H]3C2)[nH]1. The van der Waals surface area contributed by atoms with Gasteiger partial charge in [-0.1, -0.05) is 31.9 Å². The lowest BCUT2D eigenvalue weighted by Gasteiger charge is -2.34. The molecule has 2 aromatic rings. The molecule has 1 saturated heterocycles. The van der Waals surface area contributed by atoms with E-state index in [4.69, 9.17) is 9.72 Å². The van der Waals surface area contributed by atoms with Crippen molar-refractivity contribution in [3.63, 3.8) is 0 Å². The molecule has 2 N–H and O–H groups in total. The van der Waals surface area contributed by atoms with Crippen LogP contribution in [0.5, 0.6) is 0 Å². The number of nitrogens with one attached hydrogen (secondary N) is 2. The van der Waals surface area contributed by atoms with Crippen LogP contribution in [0.4, 0.5) is 4.79 Å². The average molecular weight is 603 g/mol. The molecule has 2 bridgehead atoms. The molecular weight excluding hydrogens is 552 g/mol. The van der Waals surface area contributed by atoms with Crippen LogP contribution in [0.15, 0.2) is 24.4 Å². The molecule has 2 heterocycles. The number of nitrogens with zero attached hydrogens (tertiary/aromatic N) is 2. The fourth-order valence-electron chi connectivity index (χ4n) is 7.98. The molecule has 1 aromatic heterocycles. The Balaban J connectivity index is 1.10. The number of carbonyl (C=O) groups excluding carboxylic acids is 3. The van der Waals surface area contributed by atoms with Crippen molar-refractivity contribution in [2.24, 2.45) is 11.3 Å². The Hall–Kier alpha value is -3.16. The number of rotatable bonds is 11. The van der Waals surface area contributed by atoms with Crippen LogP contribution < -0.4 is 5.32 Å². The van der Waals surface area contributed by atoms with Crippen molar-refractivity contribution in [2.75, 3.05) is 13.1 Å². The van der Waals surface area contributed by atoms with Gasteiger partial charge in [0.25, 0.3) is 0 Å². The van der Waals surface area contributed by atoms with E-state index in [-0.39, 0.29) is 29.4 Å². The molecule has 0 radical (unpaired) electrons. The van der Waals surface area contributed by atoms with Crippen LogP contribution in [-0.2, 0) is 14.3 Å². The van der Waals surface area contributed by atoms with Gasteiger partial charge in [-0.15, -0.1) is 0 Å². The van der Waals surface area contributed by atoms with Crippen molar-refractivity contribution in [1.82, 2.24) is 20.2 Å². The molecule has 1 aliphatic heterocycles. The minimum Gasteiger partial charge on any atom is -0.444 e. The lowest BCUT2D eigenvalue weighted by Crippen LogP contribution is -2.43. The third-order valence-corrected chi connectivity index (χ3v) is 10.7. The number of aromatic nitrogens is 2. The highest BCUT2D eigenvalue weighted by molar-refractivity contribution is 5.83. The quantitative estimate of drug-likeness (QED) is 0.258. The van der Waals surface area contributed by atoms with Crippen molar-refractivity contribution in [2.45, 2.75) is 128 Å². The predicted octanol–water partition coefficient (Wildman–Crippen LogP) is 7.57. The number of hydrogen-bond donors (Lipinski definition) is 2. The number of ether oxygens (including phenoxy) is 1. The van der Waals surface area contributed by atoms with E-state index >= 15 is 0 Å². The van der Waals surface area contributed by atoms with Crippen LogP contribution in [0.25, 0.3) is 11.3 Å². The Kier molecular flexibility index (Phi) is 8.64. The first kappa shape index (κ1) is 30.8. The van der Waals surface area contributed by atoms with Crippen LogP contribution >= 0.6 is 0 Å².